The molecule has 0 unspecified atom stereocenters. The van der Waals surface area contributed by atoms with Crippen molar-refractivity contribution in [3.05, 3.63) is 71.3 Å². The lowest BCUT2D eigenvalue weighted by Crippen LogP contribution is -2.54. The number of sulfonamides is 1. The maximum atomic E-state index is 13.6. The minimum absolute atomic E-state index is 0.0268. The number of amides is 2. The molecule has 194 valence electrons. The minimum atomic E-state index is -3.65. The molecule has 0 radical (unpaired) electrons. The molecule has 3 rings (SSSR count). The van der Waals surface area contributed by atoms with Crippen molar-refractivity contribution < 1.29 is 18.0 Å². The number of carbonyl (C=O) groups is 2. The van der Waals surface area contributed by atoms with Gasteiger partial charge >= 0.3 is 0 Å². The molecule has 1 fully saturated rings. The number of unbranched alkanes of at least 4 members (excludes halogenated alkanes) is 1. The van der Waals surface area contributed by atoms with Gasteiger partial charge in [-0.2, -0.15) is 0 Å². The highest BCUT2D eigenvalue weighted by atomic mass is 32.2. The topological polar surface area (TPSA) is 145 Å². The average molecular weight is 514 g/mol. The van der Waals surface area contributed by atoms with E-state index in [0.717, 1.165) is 17.5 Å². The van der Waals surface area contributed by atoms with Crippen LogP contribution in [0.5, 0.6) is 0 Å². The number of carbonyl (C=O) groups excluding carboxylic acids is 2. The lowest BCUT2D eigenvalue weighted by molar-refractivity contribution is -0.139. The van der Waals surface area contributed by atoms with Crippen molar-refractivity contribution in [1.29, 1.82) is 5.41 Å². The van der Waals surface area contributed by atoms with E-state index in [9.17, 15) is 18.0 Å². The Bertz CT molecular complexity index is 1150. The number of rotatable bonds is 12. The molecule has 5 N–H and O–H groups in total. The number of nitrogen functional groups attached to an aromatic ring is 1. The summed E-state index contributed by atoms with van der Waals surface area (Å²) in [7, 11) is -3.65. The summed E-state index contributed by atoms with van der Waals surface area (Å²) in [5.74, 6) is -0.735. The van der Waals surface area contributed by atoms with Crippen molar-refractivity contribution >= 4 is 27.7 Å². The van der Waals surface area contributed by atoms with Crippen LogP contribution in [0.4, 0.5) is 0 Å². The molecule has 0 aromatic heterocycles. The summed E-state index contributed by atoms with van der Waals surface area (Å²) in [5.41, 5.74) is 7.76. The molecule has 36 heavy (non-hydrogen) atoms. The molecule has 1 aliphatic heterocycles. The first kappa shape index (κ1) is 27.3. The standard InChI is InChI=1S/C26H35N5O4S/c1-2-3-16-36(34,35)30-22(17-19-8-5-4-6-9-19)26(33)31-15-7-10-23(31)25(32)29-18-20-11-13-21(14-12-20)24(27)28/h4-6,8-9,11-14,22-23,30H,2-3,7,10,15-18H2,1H3,(H3,27,28)(H,29,32)/t22-,23+/m1/s1. The van der Waals surface area contributed by atoms with E-state index in [0.29, 0.717) is 31.4 Å². The lowest BCUT2D eigenvalue weighted by atomic mass is 10.0. The second kappa shape index (κ2) is 12.6. The van der Waals surface area contributed by atoms with E-state index in [-0.39, 0.29) is 36.4 Å². The Kier molecular flexibility index (Phi) is 9.60. The Hall–Kier alpha value is -3.24. The predicted molar refractivity (Wildman–Crippen MR) is 140 cm³/mol. The van der Waals surface area contributed by atoms with Crippen LogP contribution >= 0.6 is 0 Å². The van der Waals surface area contributed by atoms with Crippen LogP contribution in [0.25, 0.3) is 0 Å². The van der Waals surface area contributed by atoms with Crippen LogP contribution in [-0.2, 0) is 32.6 Å². The minimum Gasteiger partial charge on any atom is -0.384 e. The first-order chi connectivity index (χ1) is 17.2. The van der Waals surface area contributed by atoms with Crippen LogP contribution in [0.3, 0.4) is 0 Å². The molecule has 0 saturated carbocycles. The zero-order valence-corrected chi connectivity index (χ0v) is 21.4. The molecule has 2 aromatic carbocycles. The Balaban J connectivity index is 1.70. The number of nitrogens with zero attached hydrogens (tertiary/aromatic N) is 1. The number of benzene rings is 2. The van der Waals surface area contributed by atoms with Crippen molar-refractivity contribution in [2.24, 2.45) is 5.73 Å². The summed E-state index contributed by atoms with van der Waals surface area (Å²) >= 11 is 0. The van der Waals surface area contributed by atoms with Crippen LogP contribution in [-0.4, -0.2) is 55.3 Å². The van der Waals surface area contributed by atoms with Crippen LogP contribution in [0.1, 0.15) is 49.3 Å². The van der Waals surface area contributed by atoms with Crippen LogP contribution in [0.2, 0.25) is 0 Å². The van der Waals surface area contributed by atoms with E-state index in [1.54, 1.807) is 24.3 Å². The van der Waals surface area contributed by atoms with Gasteiger partial charge in [0, 0.05) is 18.7 Å². The van der Waals surface area contributed by atoms with Crippen molar-refractivity contribution in [3.63, 3.8) is 0 Å². The van der Waals surface area contributed by atoms with Crippen molar-refractivity contribution in [2.45, 2.75) is 57.7 Å². The number of nitrogens with two attached hydrogens (primary N) is 1. The highest BCUT2D eigenvalue weighted by molar-refractivity contribution is 7.89. The third kappa shape index (κ3) is 7.63. The zero-order chi connectivity index (χ0) is 26.1. The average Bonchev–Trinajstić information content (AvgIpc) is 3.36. The first-order valence-electron chi connectivity index (χ1n) is 12.3. The zero-order valence-electron chi connectivity index (χ0n) is 20.6. The van der Waals surface area contributed by atoms with Crippen molar-refractivity contribution in [2.75, 3.05) is 12.3 Å². The van der Waals surface area contributed by atoms with Gasteiger partial charge in [0.1, 0.15) is 17.9 Å². The Morgan fingerprint density at radius 3 is 2.44 bits per heavy atom. The van der Waals surface area contributed by atoms with Gasteiger partial charge < -0.3 is 16.0 Å². The van der Waals surface area contributed by atoms with Gasteiger partial charge in [0.2, 0.25) is 21.8 Å². The molecule has 1 saturated heterocycles. The first-order valence-corrected chi connectivity index (χ1v) is 13.9. The van der Waals surface area contributed by atoms with E-state index in [4.69, 9.17) is 11.1 Å². The number of hydrogen-bond donors (Lipinski definition) is 4. The van der Waals surface area contributed by atoms with Gasteiger partial charge in [0.25, 0.3) is 0 Å². The smallest absolute Gasteiger partial charge is 0.243 e. The maximum absolute atomic E-state index is 13.6. The summed E-state index contributed by atoms with van der Waals surface area (Å²) in [6.07, 6.45) is 2.62. The molecule has 10 heteroatoms. The number of hydrogen-bond acceptors (Lipinski definition) is 5. The summed E-state index contributed by atoms with van der Waals surface area (Å²) in [6.45, 7) is 2.58. The molecule has 0 spiro atoms. The van der Waals surface area contributed by atoms with E-state index in [2.05, 4.69) is 10.0 Å². The van der Waals surface area contributed by atoms with Gasteiger partial charge in [0.05, 0.1) is 5.75 Å². The fourth-order valence-corrected chi connectivity index (χ4v) is 5.66. The molecular formula is C26H35N5O4S. The molecule has 1 aliphatic rings. The second-order valence-corrected chi connectivity index (χ2v) is 10.9. The fraction of sp³-hybridized carbons (Fsp3) is 0.423. The molecule has 1 heterocycles. The summed E-state index contributed by atoms with van der Waals surface area (Å²) < 4.78 is 27.9. The van der Waals surface area contributed by atoms with E-state index < -0.39 is 22.1 Å². The van der Waals surface area contributed by atoms with Gasteiger partial charge in [0.15, 0.2) is 0 Å². The van der Waals surface area contributed by atoms with Crippen LogP contribution in [0.15, 0.2) is 54.6 Å². The third-order valence-corrected chi connectivity index (χ3v) is 7.71. The Labute approximate surface area is 213 Å². The second-order valence-electron chi connectivity index (χ2n) is 9.05. The van der Waals surface area contributed by atoms with Gasteiger partial charge in [-0.25, -0.2) is 13.1 Å². The molecule has 2 atom stereocenters. The monoisotopic (exact) mass is 513 g/mol. The number of amidine groups is 1. The van der Waals surface area contributed by atoms with Crippen LogP contribution < -0.4 is 15.8 Å². The normalized spacial score (nSPS) is 16.5. The summed E-state index contributed by atoms with van der Waals surface area (Å²) in [4.78, 5) is 28.1. The third-order valence-electron chi connectivity index (χ3n) is 6.24. The van der Waals surface area contributed by atoms with Crippen molar-refractivity contribution in [1.82, 2.24) is 14.9 Å². The number of likely N-dealkylation sites (tertiary alicyclic amines) is 1. The van der Waals surface area contributed by atoms with E-state index in [1.165, 1.54) is 4.90 Å². The summed E-state index contributed by atoms with van der Waals surface area (Å²) in [6, 6.07) is 14.6. The van der Waals surface area contributed by atoms with E-state index in [1.807, 2.05) is 37.3 Å². The summed E-state index contributed by atoms with van der Waals surface area (Å²) in [5, 5.41) is 10.4. The Morgan fingerprint density at radius 2 is 1.81 bits per heavy atom. The van der Waals surface area contributed by atoms with Gasteiger partial charge in [-0.15, -0.1) is 0 Å². The highest BCUT2D eigenvalue weighted by Crippen LogP contribution is 2.20. The van der Waals surface area contributed by atoms with Gasteiger partial charge in [-0.05, 0) is 36.8 Å². The molecule has 9 nitrogen and oxygen atoms in total. The predicted octanol–water partition coefficient (Wildman–Crippen LogP) is 1.91. The maximum Gasteiger partial charge on any atom is 0.243 e. The molecule has 2 aromatic rings. The molecule has 2 amide bonds. The van der Waals surface area contributed by atoms with E-state index >= 15 is 0 Å². The quantitative estimate of drug-likeness (QED) is 0.253. The fourth-order valence-electron chi connectivity index (χ4n) is 4.25. The molecule has 0 aliphatic carbocycles. The molecule has 0 bridgehead atoms. The van der Waals surface area contributed by atoms with Crippen molar-refractivity contribution in [3.8, 4) is 0 Å². The highest BCUT2D eigenvalue weighted by Gasteiger charge is 2.38. The number of nitrogens with one attached hydrogen (secondary N) is 3. The molecular weight excluding hydrogens is 478 g/mol. The van der Waals surface area contributed by atoms with Gasteiger partial charge in [-0.1, -0.05) is 67.9 Å². The SMILES string of the molecule is CCCCS(=O)(=O)N[C@H](Cc1ccccc1)C(=O)N1CCC[C@H]1C(=O)NCc1ccc(C(=N)N)cc1. The Morgan fingerprint density at radius 1 is 1.11 bits per heavy atom. The lowest BCUT2D eigenvalue weighted by Gasteiger charge is -2.29. The van der Waals surface area contributed by atoms with Gasteiger partial charge in [-0.3, -0.25) is 15.0 Å². The van der Waals surface area contributed by atoms with Crippen LogP contribution in [0, 0.1) is 5.41 Å². The largest absolute Gasteiger partial charge is 0.384 e.